The van der Waals surface area contributed by atoms with E-state index in [1.165, 1.54) is 54.6 Å². The molecule has 0 aliphatic carbocycles. The number of aromatic nitrogens is 3. The van der Waals surface area contributed by atoms with Crippen molar-refractivity contribution < 1.29 is 42.1 Å². The Morgan fingerprint density at radius 2 is 0.771 bits per heavy atom. The smallest absolute Gasteiger partial charge is 0.247 e. The van der Waals surface area contributed by atoms with Crippen LogP contribution in [0.3, 0.4) is 0 Å². The average Bonchev–Trinajstić information content (AvgIpc) is 3.23. The summed E-state index contributed by atoms with van der Waals surface area (Å²) in [5.41, 5.74) is 2.32. The zero-order valence-electron chi connectivity index (χ0n) is 55.3. The summed E-state index contributed by atoms with van der Waals surface area (Å²) in [6.07, 6.45) is 15.4. The van der Waals surface area contributed by atoms with Crippen LogP contribution in [-0.4, -0.2) is 104 Å². The number of rotatable bonds is 18. The van der Waals surface area contributed by atoms with Crippen molar-refractivity contribution >= 4 is 49.2 Å². The van der Waals surface area contributed by atoms with E-state index in [4.69, 9.17) is 0 Å². The first-order valence-corrected chi connectivity index (χ1v) is 38.1. The number of benzene rings is 2. The molecule has 482 valence electrons. The summed E-state index contributed by atoms with van der Waals surface area (Å²) in [6, 6.07) is 15.0. The van der Waals surface area contributed by atoms with Gasteiger partial charge in [0.05, 0.1) is 35.2 Å². The fourth-order valence-corrected chi connectivity index (χ4v) is 11.8. The Kier molecular flexibility index (Phi) is 34.5. The van der Waals surface area contributed by atoms with Crippen LogP contribution in [-0.2, 0) is 86.4 Å². The average molecular weight is 1270 g/mol. The molecule has 0 bridgehead atoms. The second kappa shape index (κ2) is 34.4. The predicted octanol–water partition coefficient (Wildman–Crippen LogP) is 11.4. The maximum atomic E-state index is 12.4. The summed E-state index contributed by atoms with van der Waals surface area (Å²) in [6.45, 7) is 45.1. The van der Waals surface area contributed by atoms with E-state index in [9.17, 15) is 56.5 Å². The molecular weight excluding hydrogens is 1160 g/mol. The molecule has 0 spiro atoms. The van der Waals surface area contributed by atoms with Gasteiger partial charge in [0.1, 0.15) is 29.5 Å². The second-order valence-corrected chi connectivity index (χ2v) is 39.6. The van der Waals surface area contributed by atoms with Gasteiger partial charge in [-0.3, -0.25) is 0 Å². The van der Waals surface area contributed by atoms with E-state index < -0.39 is 66.3 Å². The van der Waals surface area contributed by atoms with Crippen molar-refractivity contribution in [1.29, 1.82) is 0 Å². The Balaban J connectivity index is -0.000000952. The predicted molar refractivity (Wildman–Crippen MR) is 351 cm³/mol. The Morgan fingerprint density at radius 3 is 1.05 bits per heavy atom. The van der Waals surface area contributed by atoms with Crippen LogP contribution in [0, 0.1) is 27.1 Å². The zero-order chi connectivity index (χ0) is 66.2. The van der Waals surface area contributed by atoms with Crippen LogP contribution in [0.15, 0.2) is 93.1 Å². The van der Waals surface area contributed by atoms with Crippen LogP contribution in [0.25, 0.3) is 0 Å². The first-order valence-electron chi connectivity index (χ1n) is 28.0. The van der Waals surface area contributed by atoms with Crippen LogP contribution < -0.4 is 17.1 Å². The highest BCUT2D eigenvalue weighted by Gasteiger charge is 2.19. The standard InChI is InChI=1S/C16H25N3O3.C13H20O2S.C12H18O2S.C8H18O2S.C7H16O2S.C6H14O2S/c1-6-10-17-13(20)18(11-7-2)15(22)19(14(17)21)12-8-9-16(3,4)5;1-13(2,3)10-9-11-5-7-12(8-6-11)16(4,14)15;1-12(2,3)11-7-5-10(6-8-11)9-15(4,13)14;1-8(2,3)6-5-7-11(4,9)10;1-7(2,3)5-6-10(4,8)9;1-6(2,3)5-9(4,7)8/h6-7H,1-2,8-12H2,3-5H3;5-8H,9-10H2,1-4H3;5-8H,9H2,1-4H3;5-7H2,1-4H3;5-6H2,1-4H3;5H2,1-4H3. The van der Waals surface area contributed by atoms with E-state index in [1.54, 1.807) is 12.1 Å². The zero-order valence-corrected chi connectivity index (χ0v) is 59.4. The molecule has 16 nitrogen and oxygen atoms in total. The summed E-state index contributed by atoms with van der Waals surface area (Å²) in [4.78, 5) is 37.3. The first-order chi connectivity index (χ1) is 36.7. The molecule has 3 rings (SSSR count). The molecule has 1 heterocycles. The molecule has 0 radical (unpaired) electrons. The normalized spacial score (nSPS) is 12.7. The third-order valence-electron chi connectivity index (χ3n) is 11.4. The van der Waals surface area contributed by atoms with Gasteiger partial charge in [-0.25, -0.2) is 70.2 Å². The van der Waals surface area contributed by atoms with E-state index >= 15 is 0 Å². The van der Waals surface area contributed by atoms with Gasteiger partial charge in [0.15, 0.2) is 19.7 Å². The van der Waals surface area contributed by atoms with Gasteiger partial charge in [-0.2, -0.15) is 0 Å². The molecule has 0 unspecified atom stereocenters. The topological polar surface area (TPSA) is 237 Å². The summed E-state index contributed by atoms with van der Waals surface area (Å²) in [7, 11) is -14.3. The van der Waals surface area contributed by atoms with Crippen LogP contribution in [0.1, 0.15) is 180 Å². The molecule has 83 heavy (non-hydrogen) atoms. The maximum absolute atomic E-state index is 12.4. The van der Waals surface area contributed by atoms with E-state index in [0.29, 0.717) is 34.8 Å². The number of aryl methyl sites for hydroxylation is 1. The lowest BCUT2D eigenvalue weighted by molar-refractivity contribution is 0.344. The Hall–Kier alpha value is -3.92. The van der Waals surface area contributed by atoms with Gasteiger partial charge in [0, 0.05) is 43.6 Å². The summed E-state index contributed by atoms with van der Waals surface area (Å²) in [5, 5.41) is 0. The quantitative estimate of drug-likeness (QED) is 0.108. The Bertz CT molecular complexity index is 3170. The fraction of sp³-hybridized carbons (Fsp3) is 0.694. The molecule has 0 fully saturated rings. The molecule has 0 atom stereocenters. The minimum Gasteiger partial charge on any atom is -0.247 e. The minimum atomic E-state index is -3.06. The van der Waals surface area contributed by atoms with Crippen LogP contribution in [0.5, 0.6) is 0 Å². The molecule has 0 aliphatic rings. The summed E-state index contributed by atoms with van der Waals surface area (Å²) in [5.74, 6) is 1.01. The molecule has 21 heteroatoms. The van der Waals surface area contributed by atoms with Gasteiger partial charge in [0.25, 0.3) is 0 Å². The van der Waals surface area contributed by atoms with Crippen molar-refractivity contribution in [3.8, 4) is 0 Å². The fourth-order valence-electron chi connectivity index (χ4n) is 7.18. The molecule has 0 saturated heterocycles. The van der Waals surface area contributed by atoms with Crippen molar-refractivity contribution in [2.75, 3.05) is 48.5 Å². The van der Waals surface area contributed by atoms with Crippen molar-refractivity contribution in [3.05, 3.63) is 122 Å². The lowest BCUT2D eigenvalue weighted by Crippen LogP contribution is -2.54. The van der Waals surface area contributed by atoms with Gasteiger partial charge < -0.3 is 0 Å². The van der Waals surface area contributed by atoms with E-state index in [0.717, 1.165) is 57.8 Å². The molecule has 3 aromatic rings. The van der Waals surface area contributed by atoms with Gasteiger partial charge in [0.2, 0.25) is 0 Å². The highest BCUT2D eigenvalue weighted by molar-refractivity contribution is 7.91. The number of hydrogen-bond donors (Lipinski definition) is 0. The van der Waals surface area contributed by atoms with E-state index in [2.05, 4.69) is 96.2 Å². The highest BCUT2D eigenvalue weighted by Crippen LogP contribution is 2.25. The lowest BCUT2D eigenvalue weighted by Gasteiger charge is -2.19. The number of allylic oxidation sites excluding steroid dienone is 2. The van der Waals surface area contributed by atoms with Crippen molar-refractivity contribution in [2.24, 2.45) is 27.1 Å². The van der Waals surface area contributed by atoms with E-state index in [1.807, 2.05) is 77.9 Å². The van der Waals surface area contributed by atoms with Crippen molar-refractivity contribution in [3.63, 3.8) is 0 Å². The highest BCUT2D eigenvalue weighted by atomic mass is 32.2. The van der Waals surface area contributed by atoms with Gasteiger partial charge in [-0.1, -0.05) is 173 Å². The number of nitrogens with zero attached hydrogens (tertiary/aromatic N) is 3. The van der Waals surface area contributed by atoms with Crippen molar-refractivity contribution in [1.82, 2.24) is 13.7 Å². The van der Waals surface area contributed by atoms with Crippen molar-refractivity contribution in [2.45, 2.75) is 205 Å². The monoisotopic (exact) mass is 1270 g/mol. The molecular formula is C62H111N3O13S5. The first kappa shape index (κ1) is 83.3. The molecule has 0 N–H and O–H groups in total. The Morgan fingerprint density at radius 1 is 0.410 bits per heavy atom. The molecule has 0 saturated carbocycles. The lowest BCUT2D eigenvalue weighted by atomic mass is 9.87. The van der Waals surface area contributed by atoms with E-state index in [-0.39, 0.29) is 51.7 Å². The maximum Gasteiger partial charge on any atom is 0.336 e. The molecule has 0 amide bonds. The van der Waals surface area contributed by atoms with Crippen LogP contribution >= 0.6 is 0 Å². The minimum absolute atomic E-state index is 0.0777. The summed E-state index contributed by atoms with van der Waals surface area (Å²) < 4.78 is 112. The SMILES string of the molecule is C=CCn1c(=O)n(CC=C)c(=O)n(CCCC(C)(C)C)c1=O.CC(C)(C)CCCS(C)(=O)=O.CC(C)(C)CCS(C)(=O)=O.CC(C)(C)CCc1ccc(S(C)(=O)=O)cc1.CC(C)(C)CS(C)(=O)=O.CC(C)(C)c1ccc(CS(C)(=O)=O)cc1. The van der Waals surface area contributed by atoms with Crippen LogP contribution in [0.2, 0.25) is 0 Å². The van der Waals surface area contributed by atoms with Gasteiger partial charge >= 0.3 is 17.1 Å². The number of hydrogen-bond acceptors (Lipinski definition) is 13. The van der Waals surface area contributed by atoms with Gasteiger partial charge in [-0.15, -0.1) is 13.2 Å². The second-order valence-electron chi connectivity index (χ2n) is 28.8. The van der Waals surface area contributed by atoms with Gasteiger partial charge in [-0.05, 0) is 106 Å². The Labute approximate surface area is 504 Å². The molecule has 2 aromatic carbocycles. The third kappa shape index (κ3) is 48.0. The molecule has 1 aromatic heterocycles. The molecule has 0 aliphatic heterocycles. The third-order valence-corrected chi connectivity index (χ3v) is 16.8. The van der Waals surface area contributed by atoms with Crippen LogP contribution in [0.4, 0.5) is 0 Å². The summed E-state index contributed by atoms with van der Waals surface area (Å²) >= 11 is 0. The largest absolute Gasteiger partial charge is 0.336 e. The number of sulfone groups is 5.